The Bertz CT molecular complexity index is 782. The van der Waals surface area contributed by atoms with Gasteiger partial charge in [0, 0.05) is 42.9 Å². The number of aromatic nitrogens is 1. The van der Waals surface area contributed by atoms with E-state index in [1.54, 1.807) is 6.20 Å². The molecule has 2 saturated heterocycles. The number of ether oxygens (including phenoxy) is 2. The van der Waals surface area contributed by atoms with Gasteiger partial charge in [-0.05, 0) is 37.5 Å². The molecule has 1 aromatic carbocycles. The summed E-state index contributed by atoms with van der Waals surface area (Å²) in [6, 6.07) is 5.67. The van der Waals surface area contributed by atoms with Crippen LogP contribution >= 0.6 is 0 Å². The van der Waals surface area contributed by atoms with Crippen molar-refractivity contribution in [2.45, 2.75) is 31.5 Å². The topological polar surface area (TPSA) is 34.6 Å². The molecule has 1 atom stereocenters. The van der Waals surface area contributed by atoms with E-state index in [1.165, 1.54) is 6.07 Å². The maximum Gasteiger partial charge on any atom is 0.416 e. The van der Waals surface area contributed by atoms with Gasteiger partial charge in [-0.2, -0.15) is 13.2 Å². The molecule has 3 heterocycles. The van der Waals surface area contributed by atoms with Gasteiger partial charge >= 0.3 is 6.18 Å². The smallest absolute Gasteiger partial charge is 0.381 e. The molecule has 0 radical (unpaired) electrons. The molecule has 0 bridgehead atoms. The fourth-order valence-electron chi connectivity index (χ4n) is 3.84. The van der Waals surface area contributed by atoms with Gasteiger partial charge in [0.1, 0.15) is 0 Å². The fourth-order valence-corrected chi connectivity index (χ4v) is 3.84. The van der Waals surface area contributed by atoms with Gasteiger partial charge in [0.2, 0.25) is 0 Å². The molecule has 0 saturated carbocycles. The van der Waals surface area contributed by atoms with E-state index in [1.807, 2.05) is 6.07 Å². The monoisotopic (exact) mass is 380 g/mol. The minimum Gasteiger partial charge on any atom is -0.381 e. The Balaban J connectivity index is 1.42. The first-order valence-corrected chi connectivity index (χ1v) is 9.41. The Morgan fingerprint density at radius 2 is 1.96 bits per heavy atom. The van der Waals surface area contributed by atoms with Crippen molar-refractivity contribution in [3.63, 3.8) is 0 Å². The third kappa shape index (κ3) is 4.19. The second kappa shape index (κ2) is 7.64. The number of halogens is 3. The Hall–Kier alpha value is -1.86. The Labute approximate surface area is 156 Å². The van der Waals surface area contributed by atoms with Gasteiger partial charge in [0.15, 0.2) is 0 Å². The molecule has 4 nitrogen and oxygen atoms in total. The fraction of sp³-hybridized carbons (Fsp3) is 0.550. The first-order valence-electron chi connectivity index (χ1n) is 9.41. The standard InChI is InChI=1S/C20H23F3N2O2/c21-20(22,23)15-1-2-17-18(11-15)24-7-3-19(17)25-8-4-16(5-9-25)27-13-14-6-10-26-12-14/h1-3,7,11,14,16H,4-6,8-10,12-13H2. The van der Waals surface area contributed by atoms with Crippen molar-refractivity contribution in [2.24, 2.45) is 5.92 Å². The average Bonchev–Trinajstić information content (AvgIpc) is 3.19. The number of pyridine rings is 1. The van der Waals surface area contributed by atoms with E-state index in [2.05, 4.69) is 9.88 Å². The molecule has 2 aliphatic rings. The van der Waals surface area contributed by atoms with Crippen LogP contribution in [0, 0.1) is 5.92 Å². The van der Waals surface area contributed by atoms with Crippen molar-refractivity contribution in [3.8, 4) is 0 Å². The van der Waals surface area contributed by atoms with Gasteiger partial charge in [-0.1, -0.05) is 6.07 Å². The van der Waals surface area contributed by atoms with Gasteiger partial charge in [-0.25, -0.2) is 0 Å². The SMILES string of the molecule is FC(F)(F)c1ccc2c(N3CCC(OCC4CCOC4)CC3)ccnc2c1. The number of alkyl halides is 3. The number of nitrogens with zero attached hydrogens (tertiary/aromatic N) is 2. The van der Waals surface area contributed by atoms with E-state index in [4.69, 9.17) is 9.47 Å². The molecule has 1 aromatic heterocycles. The lowest BCUT2D eigenvalue weighted by Crippen LogP contribution is -2.37. The summed E-state index contributed by atoms with van der Waals surface area (Å²) in [5.74, 6) is 0.509. The van der Waals surface area contributed by atoms with Crippen LogP contribution in [0.1, 0.15) is 24.8 Å². The zero-order valence-electron chi connectivity index (χ0n) is 15.0. The molecule has 27 heavy (non-hydrogen) atoms. The third-order valence-electron chi connectivity index (χ3n) is 5.42. The van der Waals surface area contributed by atoms with E-state index in [0.29, 0.717) is 11.4 Å². The normalized spacial score (nSPS) is 21.9. The van der Waals surface area contributed by atoms with Crippen LogP contribution in [0.5, 0.6) is 0 Å². The molecule has 146 valence electrons. The van der Waals surface area contributed by atoms with Crippen LogP contribution in [0.2, 0.25) is 0 Å². The zero-order valence-corrected chi connectivity index (χ0v) is 15.0. The van der Waals surface area contributed by atoms with Crippen LogP contribution in [0.15, 0.2) is 30.5 Å². The van der Waals surface area contributed by atoms with Crippen molar-refractivity contribution in [3.05, 3.63) is 36.0 Å². The van der Waals surface area contributed by atoms with Gasteiger partial charge < -0.3 is 14.4 Å². The second-order valence-corrected chi connectivity index (χ2v) is 7.31. The highest BCUT2D eigenvalue weighted by Gasteiger charge is 2.31. The summed E-state index contributed by atoms with van der Waals surface area (Å²) in [4.78, 5) is 6.35. The molecule has 7 heteroatoms. The highest BCUT2D eigenvalue weighted by atomic mass is 19.4. The number of anilines is 1. The van der Waals surface area contributed by atoms with E-state index < -0.39 is 11.7 Å². The molecule has 0 aliphatic carbocycles. The molecule has 0 amide bonds. The molecule has 2 aliphatic heterocycles. The summed E-state index contributed by atoms with van der Waals surface area (Å²) < 4.78 is 50.2. The van der Waals surface area contributed by atoms with E-state index in [0.717, 1.165) is 75.4 Å². The quantitative estimate of drug-likeness (QED) is 0.793. The Morgan fingerprint density at radius 3 is 2.67 bits per heavy atom. The van der Waals surface area contributed by atoms with Crippen LogP contribution in [-0.2, 0) is 15.7 Å². The molecular weight excluding hydrogens is 357 g/mol. The summed E-state index contributed by atoms with van der Waals surface area (Å²) >= 11 is 0. The summed E-state index contributed by atoms with van der Waals surface area (Å²) in [6.07, 6.45) is 0.372. The average molecular weight is 380 g/mol. The molecule has 0 spiro atoms. The highest BCUT2D eigenvalue weighted by molar-refractivity contribution is 5.92. The van der Waals surface area contributed by atoms with Crippen LogP contribution in [0.25, 0.3) is 10.9 Å². The van der Waals surface area contributed by atoms with Crippen molar-refractivity contribution < 1.29 is 22.6 Å². The number of benzene rings is 1. The number of hydrogen-bond donors (Lipinski definition) is 0. The van der Waals surface area contributed by atoms with Gasteiger partial charge in [-0.3, -0.25) is 4.98 Å². The molecule has 0 N–H and O–H groups in total. The van der Waals surface area contributed by atoms with Crippen LogP contribution in [0.3, 0.4) is 0 Å². The molecule has 2 aromatic rings. The molecule has 2 fully saturated rings. The number of piperidine rings is 1. The second-order valence-electron chi connectivity index (χ2n) is 7.31. The van der Waals surface area contributed by atoms with Crippen molar-refractivity contribution >= 4 is 16.6 Å². The zero-order chi connectivity index (χ0) is 18.9. The number of fused-ring (bicyclic) bond motifs is 1. The summed E-state index contributed by atoms with van der Waals surface area (Å²) in [6.45, 7) is 4.03. The van der Waals surface area contributed by atoms with E-state index in [-0.39, 0.29) is 6.10 Å². The predicted octanol–water partition coefficient (Wildman–Crippen LogP) is 4.28. The highest BCUT2D eigenvalue weighted by Crippen LogP contribution is 2.34. The lowest BCUT2D eigenvalue weighted by molar-refractivity contribution is -0.137. The molecule has 4 rings (SSSR count). The summed E-state index contributed by atoms with van der Waals surface area (Å²) in [5, 5.41) is 0.757. The first kappa shape index (κ1) is 18.5. The maximum absolute atomic E-state index is 12.9. The van der Waals surface area contributed by atoms with E-state index in [9.17, 15) is 13.2 Å². The molecular formula is C20H23F3N2O2. The summed E-state index contributed by atoms with van der Waals surface area (Å²) in [7, 11) is 0. The van der Waals surface area contributed by atoms with Crippen LogP contribution in [-0.4, -0.2) is 44.0 Å². The van der Waals surface area contributed by atoms with Crippen LogP contribution in [0.4, 0.5) is 18.9 Å². The van der Waals surface area contributed by atoms with Gasteiger partial charge in [0.25, 0.3) is 0 Å². The predicted molar refractivity (Wildman–Crippen MR) is 96.9 cm³/mol. The molecule has 1 unspecified atom stereocenters. The maximum atomic E-state index is 12.9. The minimum atomic E-state index is -4.36. The van der Waals surface area contributed by atoms with Crippen LogP contribution < -0.4 is 4.90 Å². The van der Waals surface area contributed by atoms with E-state index >= 15 is 0 Å². The number of hydrogen-bond acceptors (Lipinski definition) is 4. The largest absolute Gasteiger partial charge is 0.416 e. The Kier molecular flexibility index (Phi) is 5.23. The first-order chi connectivity index (χ1) is 13.0. The van der Waals surface area contributed by atoms with Crippen molar-refractivity contribution in [2.75, 3.05) is 37.8 Å². The van der Waals surface area contributed by atoms with Crippen molar-refractivity contribution in [1.82, 2.24) is 4.98 Å². The Morgan fingerprint density at radius 1 is 1.15 bits per heavy atom. The van der Waals surface area contributed by atoms with Gasteiger partial charge in [0.05, 0.1) is 30.4 Å². The third-order valence-corrected chi connectivity index (χ3v) is 5.42. The summed E-state index contributed by atoms with van der Waals surface area (Å²) in [5.41, 5.74) is 0.654. The van der Waals surface area contributed by atoms with Gasteiger partial charge in [-0.15, -0.1) is 0 Å². The lowest BCUT2D eigenvalue weighted by atomic mass is 10.0. The number of rotatable bonds is 4. The van der Waals surface area contributed by atoms with Crippen molar-refractivity contribution in [1.29, 1.82) is 0 Å². The lowest BCUT2D eigenvalue weighted by Gasteiger charge is -2.34. The minimum absolute atomic E-state index is 0.242.